The van der Waals surface area contributed by atoms with Gasteiger partial charge in [0.25, 0.3) is 0 Å². The number of nitrogens with zero attached hydrogens (tertiary/aromatic N) is 3. The van der Waals surface area contributed by atoms with Gasteiger partial charge >= 0.3 is 0 Å². The number of rotatable bonds is 2. The maximum atomic E-state index is 4.40. The Morgan fingerprint density at radius 2 is 1.94 bits per heavy atom. The Kier molecular flexibility index (Phi) is 2.76. The van der Waals surface area contributed by atoms with Crippen molar-refractivity contribution >= 4 is 5.82 Å². The molecule has 0 amide bonds. The van der Waals surface area contributed by atoms with Crippen molar-refractivity contribution in [1.29, 1.82) is 0 Å². The van der Waals surface area contributed by atoms with E-state index in [-0.39, 0.29) is 0 Å². The van der Waals surface area contributed by atoms with E-state index in [9.17, 15) is 0 Å². The highest BCUT2D eigenvalue weighted by Crippen LogP contribution is 2.15. The monoisotopic (exact) mass is 218 g/mol. The van der Waals surface area contributed by atoms with Crippen LogP contribution in [0.1, 0.15) is 0 Å². The molecule has 2 fully saturated rings. The second-order valence-corrected chi connectivity index (χ2v) is 4.52. The summed E-state index contributed by atoms with van der Waals surface area (Å²) in [6.07, 6.45) is 1.87. The molecule has 0 radical (unpaired) electrons. The highest BCUT2D eigenvalue weighted by molar-refractivity contribution is 5.38. The molecule has 2 aliphatic rings. The molecule has 0 atom stereocenters. The predicted octanol–water partition coefficient (Wildman–Crippen LogP) is 0.175. The average molecular weight is 218 g/mol. The van der Waals surface area contributed by atoms with E-state index in [1.165, 1.54) is 26.2 Å². The van der Waals surface area contributed by atoms with Crippen molar-refractivity contribution in [2.75, 3.05) is 44.2 Å². The fraction of sp³-hybridized carbons (Fsp3) is 0.583. The largest absolute Gasteiger partial charge is 0.354 e. The lowest BCUT2D eigenvalue weighted by atomic mass is 10.1. The van der Waals surface area contributed by atoms with Crippen LogP contribution in [0.2, 0.25) is 0 Å². The predicted molar refractivity (Wildman–Crippen MR) is 64.7 cm³/mol. The Labute approximate surface area is 96.3 Å². The molecule has 1 aromatic heterocycles. The van der Waals surface area contributed by atoms with Crippen LogP contribution in [0.4, 0.5) is 5.82 Å². The number of hydrogen-bond donors (Lipinski definition) is 1. The molecule has 3 heterocycles. The first kappa shape index (κ1) is 10.1. The minimum atomic E-state index is 0.783. The molecular formula is C12H18N4. The topological polar surface area (TPSA) is 31.4 Å². The first-order valence-corrected chi connectivity index (χ1v) is 6.04. The summed E-state index contributed by atoms with van der Waals surface area (Å²) in [7, 11) is 0. The van der Waals surface area contributed by atoms with Crippen LogP contribution in [0, 0.1) is 0 Å². The molecule has 4 nitrogen and oxygen atoms in total. The maximum Gasteiger partial charge on any atom is 0.128 e. The zero-order valence-corrected chi connectivity index (χ0v) is 9.47. The summed E-state index contributed by atoms with van der Waals surface area (Å²) >= 11 is 0. The van der Waals surface area contributed by atoms with Gasteiger partial charge in [-0.15, -0.1) is 0 Å². The highest BCUT2D eigenvalue weighted by Gasteiger charge is 2.27. The van der Waals surface area contributed by atoms with Gasteiger partial charge in [-0.2, -0.15) is 0 Å². The summed E-state index contributed by atoms with van der Waals surface area (Å²) in [6.45, 7) is 6.89. The van der Waals surface area contributed by atoms with Gasteiger partial charge in [0, 0.05) is 51.5 Å². The Morgan fingerprint density at radius 3 is 2.50 bits per heavy atom. The minimum Gasteiger partial charge on any atom is -0.354 e. The molecule has 0 aromatic carbocycles. The summed E-state index contributed by atoms with van der Waals surface area (Å²) in [5.41, 5.74) is 0. The van der Waals surface area contributed by atoms with Gasteiger partial charge < -0.3 is 10.2 Å². The summed E-state index contributed by atoms with van der Waals surface area (Å²) in [4.78, 5) is 9.37. The van der Waals surface area contributed by atoms with Gasteiger partial charge in [-0.25, -0.2) is 4.98 Å². The van der Waals surface area contributed by atoms with Crippen LogP contribution in [0.25, 0.3) is 0 Å². The smallest absolute Gasteiger partial charge is 0.128 e. The summed E-state index contributed by atoms with van der Waals surface area (Å²) in [5, 5.41) is 3.33. The van der Waals surface area contributed by atoms with Crippen molar-refractivity contribution in [2.24, 2.45) is 0 Å². The second kappa shape index (κ2) is 4.39. The lowest BCUT2D eigenvalue weighted by Gasteiger charge is -2.43. The first-order chi connectivity index (χ1) is 7.93. The van der Waals surface area contributed by atoms with Crippen LogP contribution < -0.4 is 10.2 Å². The number of anilines is 1. The zero-order valence-electron chi connectivity index (χ0n) is 9.47. The van der Waals surface area contributed by atoms with Crippen LogP contribution in [0.5, 0.6) is 0 Å². The van der Waals surface area contributed by atoms with Gasteiger partial charge in [-0.1, -0.05) is 6.07 Å². The van der Waals surface area contributed by atoms with Crippen molar-refractivity contribution in [3.8, 4) is 0 Å². The molecule has 4 heteroatoms. The SMILES string of the molecule is c1ccc(N2CCN(C3CNC3)CC2)nc1. The van der Waals surface area contributed by atoms with Crippen molar-refractivity contribution in [3.05, 3.63) is 24.4 Å². The van der Waals surface area contributed by atoms with Crippen molar-refractivity contribution in [3.63, 3.8) is 0 Å². The molecule has 16 heavy (non-hydrogen) atoms. The number of pyridine rings is 1. The van der Waals surface area contributed by atoms with Crippen LogP contribution >= 0.6 is 0 Å². The number of piperazine rings is 1. The van der Waals surface area contributed by atoms with Crippen molar-refractivity contribution in [1.82, 2.24) is 15.2 Å². The Morgan fingerprint density at radius 1 is 1.12 bits per heavy atom. The molecule has 0 spiro atoms. The molecule has 86 valence electrons. The molecule has 0 bridgehead atoms. The Hall–Kier alpha value is -1.13. The molecule has 0 unspecified atom stereocenters. The third kappa shape index (κ3) is 1.90. The maximum absolute atomic E-state index is 4.40. The van der Waals surface area contributed by atoms with Gasteiger partial charge in [0.15, 0.2) is 0 Å². The van der Waals surface area contributed by atoms with E-state index >= 15 is 0 Å². The Balaban J connectivity index is 1.58. The normalized spacial score (nSPS) is 23.1. The highest BCUT2D eigenvalue weighted by atomic mass is 15.3. The van der Waals surface area contributed by atoms with E-state index in [0.717, 1.165) is 24.9 Å². The summed E-state index contributed by atoms with van der Waals surface area (Å²) in [6, 6.07) is 6.91. The molecule has 1 aromatic rings. The number of nitrogens with one attached hydrogen (secondary N) is 1. The molecule has 2 saturated heterocycles. The lowest BCUT2D eigenvalue weighted by Crippen LogP contribution is -2.61. The zero-order chi connectivity index (χ0) is 10.8. The van der Waals surface area contributed by atoms with Crippen LogP contribution in [0.15, 0.2) is 24.4 Å². The molecule has 2 aliphatic heterocycles. The standard InChI is InChI=1S/C12H18N4/c1-2-4-14-12(3-1)16-7-5-15(6-8-16)11-9-13-10-11/h1-4,11,13H,5-10H2. The molecule has 1 N–H and O–H groups in total. The second-order valence-electron chi connectivity index (χ2n) is 4.52. The average Bonchev–Trinajstić information content (AvgIpc) is 2.29. The van der Waals surface area contributed by atoms with E-state index in [1.807, 2.05) is 12.3 Å². The van der Waals surface area contributed by atoms with E-state index in [0.29, 0.717) is 0 Å². The Bertz CT molecular complexity index is 328. The molecule has 0 saturated carbocycles. The van der Waals surface area contributed by atoms with E-state index < -0.39 is 0 Å². The van der Waals surface area contributed by atoms with E-state index in [1.54, 1.807) is 0 Å². The van der Waals surface area contributed by atoms with Crippen molar-refractivity contribution < 1.29 is 0 Å². The summed E-state index contributed by atoms with van der Waals surface area (Å²) < 4.78 is 0. The fourth-order valence-electron chi connectivity index (χ4n) is 2.39. The third-order valence-corrected chi connectivity index (χ3v) is 3.56. The fourth-order valence-corrected chi connectivity index (χ4v) is 2.39. The lowest BCUT2D eigenvalue weighted by molar-refractivity contribution is 0.137. The van der Waals surface area contributed by atoms with Crippen LogP contribution in [-0.2, 0) is 0 Å². The van der Waals surface area contributed by atoms with Gasteiger partial charge in [0.05, 0.1) is 0 Å². The minimum absolute atomic E-state index is 0.783. The quantitative estimate of drug-likeness (QED) is 0.767. The van der Waals surface area contributed by atoms with Gasteiger partial charge in [-0.05, 0) is 12.1 Å². The van der Waals surface area contributed by atoms with Gasteiger partial charge in [-0.3, -0.25) is 4.90 Å². The van der Waals surface area contributed by atoms with Crippen LogP contribution in [-0.4, -0.2) is 55.2 Å². The molecule has 3 rings (SSSR count). The van der Waals surface area contributed by atoms with E-state index in [2.05, 4.69) is 32.2 Å². The van der Waals surface area contributed by atoms with Crippen LogP contribution in [0.3, 0.4) is 0 Å². The van der Waals surface area contributed by atoms with Gasteiger partial charge in [0.1, 0.15) is 5.82 Å². The number of aromatic nitrogens is 1. The third-order valence-electron chi connectivity index (χ3n) is 3.56. The van der Waals surface area contributed by atoms with Crippen molar-refractivity contribution in [2.45, 2.75) is 6.04 Å². The summed E-state index contributed by atoms with van der Waals surface area (Å²) in [5.74, 6) is 1.12. The first-order valence-electron chi connectivity index (χ1n) is 6.04. The molecule has 0 aliphatic carbocycles. The number of hydrogen-bond acceptors (Lipinski definition) is 4. The van der Waals surface area contributed by atoms with Gasteiger partial charge in [0.2, 0.25) is 0 Å². The van der Waals surface area contributed by atoms with E-state index in [4.69, 9.17) is 0 Å². The molecular weight excluding hydrogens is 200 g/mol.